The Hall–Kier alpha value is 0.223. The zero-order valence-corrected chi connectivity index (χ0v) is 11.3. The van der Waals surface area contributed by atoms with Gasteiger partial charge >= 0.3 is 0 Å². The molecule has 0 heterocycles. The van der Waals surface area contributed by atoms with E-state index >= 15 is 0 Å². The normalized spacial score (nSPS) is 18.1. The Kier molecular flexibility index (Phi) is 8.51. The predicted octanol–water partition coefficient (Wildman–Crippen LogP) is 3.41. The van der Waals surface area contributed by atoms with E-state index in [2.05, 4.69) is 40.7 Å². The Bertz CT molecular complexity index is 227. The van der Waals surface area contributed by atoms with Crippen LogP contribution < -0.4 is 0 Å². The molecule has 0 bridgehead atoms. The van der Waals surface area contributed by atoms with Crippen LogP contribution in [-0.4, -0.2) is 0 Å². The van der Waals surface area contributed by atoms with Gasteiger partial charge < -0.3 is 0 Å². The van der Waals surface area contributed by atoms with Crippen molar-refractivity contribution in [2.24, 2.45) is 5.41 Å². The van der Waals surface area contributed by atoms with E-state index in [1.807, 2.05) is 0 Å². The van der Waals surface area contributed by atoms with Crippen LogP contribution in [0.2, 0.25) is 0 Å². The van der Waals surface area contributed by atoms with Gasteiger partial charge in [0.15, 0.2) is 0 Å². The van der Waals surface area contributed by atoms with Crippen LogP contribution in [0, 0.1) is 11.5 Å². The molecule has 0 fully saturated rings. The van der Waals surface area contributed by atoms with Crippen molar-refractivity contribution in [2.45, 2.75) is 34.6 Å². The van der Waals surface area contributed by atoms with Crippen molar-refractivity contribution in [3.63, 3.8) is 0 Å². The van der Waals surface area contributed by atoms with Crippen LogP contribution >= 0.6 is 0 Å². The van der Waals surface area contributed by atoms with Gasteiger partial charge in [-0.2, -0.15) is 11.1 Å². The predicted molar refractivity (Wildman–Crippen MR) is 49.6 cm³/mol. The third-order valence-electron chi connectivity index (χ3n) is 2.56. The van der Waals surface area contributed by atoms with Gasteiger partial charge in [0.2, 0.25) is 0 Å². The fourth-order valence-electron chi connectivity index (χ4n) is 1.41. The zero-order valence-electron chi connectivity index (χ0n) is 8.82. The first kappa shape index (κ1) is 18.9. The van der Waals surface area contributed by atoms with Gasteiger partial charge in [0.25, 0.3) is 0 Å². The van der Waals surface area contributed by atoms with E-state index in [1.165, 1.54) is 16.7 Å². The van der Waals surface area contributed by atoms with Crippen LogP contribution in [0.15, 0.2) is 16.7 Å². The van der Waals surface area contributed by atoms with Crippen LogP contribution in [0.4, 0.5) is 9.41 Å². The van der Waals surface area contributed by atoms with Gasteiger partial charge in [0.05, 0.1) is 0 Å². The second-order valence-electron chi connectivity index (χ2n) is 3.62. The van der Waals surface area contributed by atoms with Crippen LogP contribution in [-0.2, 0) is 26.2 Å². The Labute approximate surface area is 98.3 Å². The Morgan fingerprint density at radius 1 is 1.00 bits per heavy atom. The van der Waals surface area contributed by atoms with Gasteiger partial charge in [-0.1, -0.05) is 33.1 Å². The van der Waals surface area contributed by atoms with Gasteiger partial charge in [0, 0.05) is 26.2 Å². The quantitative estimate of drug-likeness (QED) is 0.589. The summed E-state index contributed by atoms with van der Waals surface area (Å²) in [4.78, 5) is 0. The average molecular weight is 266 g/mol. The van der Waals surface area contributed by atoms with E-state index in [0.717, 1.165) is 0 Å². The Balaban J connectivity index is -0.000000333. The standard InChI is InChI=1S/C10H15.2FH.Zr/c1-7-6-10(4,5)9(3)8(7)2;;;/h1-5H3;2*1H;/q-1;;;. The molecule has 1 rings (SSSR count). The van der Waals surface area contributed by atoms with E-state index in [0.29, 0.717) is 0 Å². The minimum atomic E-state index is 0. The summed E-state index contributed by atoms with van der Waals surface area (Å²) in [5.74, 6) is 0. The molecule has 13 heavy (non-hydrogen) atoms. The molecule has 0 amide bonds. The van der Waals surface area contributed by atoms with Gasteiger partial charge in [-0.25, -0.2) is 5.57 Å². The molecule has 0 aromatic heterocycles. The summed E-state index contributed by atoms with van der Waals surface area (Å²) in [6.07, 6.45) is 3.44. The monoisotopic (exact) mass is 265 g/mol. The summed E-state index contributed by atoms with van der Waals surface area (Å²) in [5.41, 5.74) is 4.39. The van der Waals surface area contributed by atoms with Crippen molar-refractivity contribution in [1.82, 2.24) is 0 Å². The first-order valence-corrected chi connectivity index (χ1v) is 3.75. The number of allylic oxidation sites excluding steroid dienone is 4. The largest absolute Gasteiger partial charge is 0.269 e. The summed E-state index contributed by atoms with van der Waals surface area (Å²) in [6.45, 7) is 10.9. The van der Waals surface area contributed by atoms with E-state index in [9.17, 15) is 0 Å². The fraction of sp³-hybridized carbons (Fsp3) is 0.600. The molecule has 0 aliphatic heterocycles. The van der Waals surface area contributed by atoms with Crippen molar-refractivity contribution in [2.75, 3.05) is 0 Å². The Morgan fingerprint density at radius 2 is 1.38 bits per heavy atom. The molecule has 0 N–H and O–H groups in total. The number of halogens is 2. The van der Waals surface area contributed by atoms with Gasteiger partial charge in [-0.05, 0) is 0 Å². The minimum Gasteiger partial charge on any atom is -0.269 e. The van der Waals surface area contributed by atoms with E-state index in [-0.39, 0.29) is 41.0 Å². The van der Waals surface area contributed by atoms with E-state index < -0.39 is 0 Å². The molecule has 3 heteroatoms. The molecule has 76 valence electrons. The van der Waals surface area contributed by atoms with Crippen molar-refractivity contribution < 1.29 is 35.6 Å². The van der Waals surface area contributed by atoms with E-state index in [4.69, 9.17) is 0 Å². The molecule has 0 aromatic rings. The second-order valence-corrected chi connectivity index (χ2v) is 3.62. The summed E-state index contributed by atoms with van der Waals surface area (Å²) in [7, 11) is 0. The SMILES string of the molecule is CC1=[C-]C(C)(C)C(C)=C1C.F.F.[Zr]. The Morgan fingerprint density at radius 3 is 1.46 bits per heavy atom. The summed E-state index contributed by atoms with van der Waals surface area (Å²) in [6, 6.07) is 0. The van der Waals surface area contributed by atoms with Crippen molar-refractivity contribution in [3.05, 3.63) is 22.8 Å². The van der Waals surface area contributed by atoms with Gasteiger partial charge in [0.1, 0.15) is 0 Å². The smallest absolute Gasteiger partial charge is 0 e. The molecule has 0 saturated heterocycles. The molecule has 0 nitrogen and oxygen atoms in total. The molecular weight excluding hydrogens is 249 g/mol. The summed E-state index contributed by atoms with van der Waals surface area (Å²) in [5, 5.41) is 0. The minimum absolute atomic E-state index is 0. The maximum absolute atomic E-state index is 3.44. The number of hydrogen-bond acceptors (Lipinski definition) is 0. The maximum Gasteiger partial charge on any atom is 0 e. The molecule has 0 aromatic carbocycles. The van der Waals surface area contributed by atoms with Crippen molar-refractivity contribution in [3.8, 4) is 0 Å². The molecule has 1 aliphatic carbocycles. The van der Waals surface area contributed by atoms with Gasteiger partial charge in [-0.3, -0.25) is 15.5 Å². The maximum atomic E-state index is 3.44. The second kappa shape index (κ2) is 5.85. The van der Waals surface area contributed by atoms with Crippen LogP contribution in [0.25, 0.3) is 0 Å². The third-order valence-corrected chi connectivity index (χ3v) is 2.56. The number of rotatable bonds is 0. The molecule has 0 radical (unpaired) electrons. The average Bonchev–Trinajstić information content (AvgIpc) is 1.95. The van der Waals surface area contributed by atoms with Gasteiger partial charge in [-0.15, -0.1) is 6.92 Å². The van der Waals surface area contributed by atoms with Crippen LogP contribution in [0.1, 0.15) is 34.6 Å². The fourth-order valence-corrected chi connectivity index (χ4v) is 1.41. The molecule has 0 atom stereocenters. The zero-order chi connectivity index (χ0) is 7.94. The molecule has 0 unspecified atom stereocenters. The van der Waals surface area contributed by atoms with Crippen LogP contribution in [0.3, 0.4) is 0 Å². The molecule has 0 saturated carbocycles. The first-order valence-electron chi connectivity index (χ1n) is 3.75. The first-order chi connectivity index (χ1) is 4.45. The van der Waals surface area contributed by atoms with E-state index in [1.54, 1.807) is 0 Å². The third kappa shape index (κ3) is 3.46. The summed E-state index contributed by atoms with van der Waals surface area (Å²) >= 11 is 0. The summed E-state index contributed by atoms with van der Waals surface area (Å²) < 4.78 is 0. The van der Waals surface area contributed by atoms with Crippen LogP contribution in [0.5, 0.6) is 0 Å². The van der Waals surface area contributed by atoms with Crippen molar-refractivity contribution >= 4 is 0 Å². The molecule has 0 spiro atoms. The molecular formula is C10H17F2Zr-. The molecule has 1 aliphatic rings. The topological polar surface area (TPSA) is 0 Å². The number of hydrogen-bond donors (Lipinski definition) is 0. The van der Waals surface area contributed by atoms with Crippen molar-refractivity contribution in [1.29, 1.82) is 0 Å².